The summed E-state index contributed by atoms with van der Waals surface area (Å²) in [6, 6.07) is 13.1. The topological polar surface area (TPSA) is 43.1 Å². The molecule has 2 aromatic carbocycles. The minimum Gasteiger partial charge on any atom is -0.330 e. The Morgan fingerprint density at radius 3 is 2.00 bits per heavy atom. The predicted octanol–water partition coefficient (Wildman–Crippen LogP) is 2.95. The Labute approximate surface area is 112 Å². The normalized spacial score (nSPS) is 10.4. The Bertz CT molecular complexity index is 546. The van der Waals surface area contributed by atoms with Crippen LogP contribution >= 0.6 is 0 Å². The van der Waals surface area contributed by atoms with Crippen molar-refractivity contribution in [2.75, 3.05) is 6.54 Å². The zero-order chi connectivity index (χ0) is 13.7. The smallest absolute Gasteiger partial charge is 0.193 e. The van der Waals surface area contributed by atoms with Gasteiger partial charge in [-0.1, -0.05) is 24.3 Å². The predicted molar refractivity (Wildman–Crippen MR) is 73.6 cm³/mol. The molecule has 0 aliphatic rings. The van der Waals surface area contributed by atoms with E-state index in [2.05, 4.69) is 0 Å². The van der Waals surface area contributed by atoms with Gasteiger partial charge in [0.2, 0.25) is 0 Å². The third-order valence-electron chi connectivity index (χ3n) is 2.99. The number of rotatable bonds is 5. The largest absolute Gasteiger partial charge is 0.330 e. The van der Waals surface area contributed by atoms with E-state index in [-0.39, 0.29) is 11.6 Å². The van der Waals surface area contributed by atoms with Crippen LogP contribution in [0.3, 0.4) is 0 Å². The maximum atomic E-state index is 12.8. The first-order valence-electron chi connectivity index (χ1n) is 6.30. The molecule has 2 nitrogen and oxygen atoms in total. The molecule has 98 valence electrons. The highest BCUT2D eigenvalue weighted by atomic mass is 19.1. The van der Waals surface area contributed by atoms with E-state index in [0.717, 1.165) is 12.8 Å². The molecule has 0 amide bonds. The van der Waals surface area contributed by atoms with Crippen LogP contribution in [0.15, 0.2) is 48.5 Å². The fraction of sp³-hybridized carbons (Fsp3) is 0.188. The fourth-order valence-electron chi connectivity index (χ4n) is 1.90. The van der Waals surface area contributed by atoms with Crippen molar-refractivity contribution in [3.8, 4) is 0 Å². The molecule has 0 saturated heterocycles. The van der Waals surface area contributed by atoms with Crippen molar-refractivity contribution in [2.24, 2.45) is 5.73 Å². The summed E-state index contributed by atoms with van der Waals surface area (Å²) in [7, 11) is 0. The lowest BCUT2D eigenvalue weighted by Gasteiger charge is -2.03. The van der Waals surface area contributed by atoms with E-state index in [9.17, 15) is 9.18 Å². The van der Waals surface area contributed by atoms with Crippen LogP contribution < -0.4 is 5.73 Å². The average molecular weight is 257 g/mol. The van der Waals surface area contributed by atoms with Crippen LogP contribution in [0.4, 0.5) is 4.39 Å². The van der Waals surface area contributed by atoms with Crippen molar-refractivity contribution < 1.29 is 9.18 Å². The lowest BCUT2D eigenvalue weighted by molar-refractivity contribution is 0.103. The third kappa shape index (κ3) is 3.48. The molecule has 0 aromatic heterocycles. The van der Waals surface area contributed by atoms with Crippen LogP contribution in [0.1, 0.15) is 27.9 Å². The monoisotopic (exact) mass is 257 g/mol. The van der Waals surface area contributed by atoms with Gasteiger partial charge in [0.25, 0.3) is 0 Å². The highest BCUT2D eigenvalue weighted by Gasteiger charge is 2.08. The van der Waals surface area contributed by atoms with Gasteiger partial charge in [-0.3, -0.25) is 4.79 Å². The number of carbonyl (C=O) groups excluding carboxylic acids is 1. The van der Waals surface area contributed by atoms with Gasteiger partial charge < -0.3 is 5.73 Å². The van der Waals surface area contributed by atoms with Crippen molar-refractivity contribution >= 4 is 5.78 Å². The lowest BCUT2D eigenvalue weighted by atomic mass is 10.0. The molecule has 0 bridgehead atoms. The molecule has 2 N–H and O–H groups in total. The Hall–Kier alpha value is -2.00. The van der Waals surface area contributed by atoms with E-state index in [4.69, 9.17) is 5.73 Å². The van der Waals surface area contributed by atoms with Gasteiger partial charge in [0.05, 0.1) is 0 Å². The van der Waals surface area contributed by atoms with Crippen LogP contribution in [0.25, 0.3) is 0 Å². The maximum Gasteiger partial charge on any atom is 0.193 e. The number of benzene rings is 2. The molecule has 2 aromatic rings. The molecular formula is C16H16FNO. The summed E-state index contributed by atoms with van der Waals surface area (Å²) in [5, 5.41) is 0. The first kappa shape index (κ1) is 13.4. The molecule has 0 aliphatic heterocycles. The highest BCUT2D eigenvalue weighted by Crippen LogP contribution is 2.12. The number of hydrogen-bond donors (Lipinski definition) is 1. The highest BCUT2D eigenvalue weighted by molar-refractivity contribution is 6.08. The van der Waals surface area contributed by atoms with Gasteiger partial charge in [-0.15, -0.1) is 0 Å². The number of carbonyl (C=O) groups is 1. The number of nitrogens with two attached hydrogens (primary N) is 1. The van der Waals surface area contributed by atoms with Crippen LogP contribution in [0, 0.1) is 5.82 Å². The SMILES string of the molecule is NCCCc1ccc(C(=O)c2ccc(F)cc2)cc1. The Morgan fingerprint density at radius 2 is 1.47 bits per heavy atom. The second-order valence-electron chi connectivity index (χ2n) is 4.43. The first-order valence-corrected chi connectivity index (χ1v) is 6.30. The molecule has 3 heteroatoms. The summed E-state index contributed by atoms with van der Waals surface area (Å²) in [6.45, 7) is 0.663. The summed E-state index contributed by atoms with van der Waals surface area (Å²) < 4.78 is 12.8. The van der Waals surface area contributed by atoms with Gasteiger partial charge in [-0.05, 0) is 49.2 Å². The summed E-state index contributed by atoms with van der Waals surface area (Å²) in [4.78, 5) is 12.1. The lowest BCUT2D eigenvalue weighted by Crippen LogP contribution is -2.03. The number of aryl methyl sites for hydroxylation is 1. The van der Waals surface area contributed by atoms with E-state index < -0.39 is 0 Å². The quantitative estimate of drug-likeness (QED) is 0.837. The van der Waals surface area contributed by atoms with E-state index in [0.29, 0.717) is 17.7 Å². The third-order valence-corrected chi connectivity index (χ3v) is 2.99. The van der Waals surface area contributed by atoms with Crippen LogP contribution in [-0.2, 0) is 6.42 Å². The van der Waals surface area contributed by atoms with E-state index in [1.54, 1.807) is 12.1 Å². The summed E-state index contributed by atoms with van der Waals surface area (Å²) in [5.41, 5.74) is 7.74. The van der Waals surface area contributed by atoms with E-state index in [1.807, 2.05) is 12.1 Å². The molecule has 0 spiro atoms. The minimum absolute atomic E-state index is 0.0922. The first-order chi connectivity index (χ1) is 9.20. The Morgan fingerprint density at radius 1 is 0.947 bits per heavy atom. The Balaban J connectivity index is 2.13. The molecular weight excluding hydrogens is 241 g/mol. The van der Waals surface area contributed by atoms with Gasteiger partial charge in [0, 0.05) is 11.1 Å². The molecule has 0 saturated carbocycles. The molecule has 0 unspecified atom stereocenters. The van der Waals surface area contributed by atoms with Crippen LogP contribution in [0.5, 0.6) is 0 Å². The second kappa shape index (κ2) is 6.25. The minimum atomic E-state index is -0.339. The molecule has 0 heterocycles. The van der Waals surface area contributed by atoms with Crippen LogP contribution in [-0.4, -0.2) is 12.3 Å². The maximum absolute atomic E-state index is 12.8. The molecule has 19 heavy (non-hydrogen) atoms. The number of ketones is 1. The average Bonchev–Trinajstić information content (AvgIpc) is 2.46. The van der Waals surface area contributed by atoms with Gasteiger partial charge in [-0.25, -0.2) is 4.39 Å². The summed E-state index contributed by atoms with van der Waals surface area (Å²) in [6.07, 6.45) is 1.85. The van der Waals surface area contributed by atoms with Gasteiger partial charge in [0.1, 0.15) is 5.82 Å². The number of halogens is 1. The van der Waals surface area contributed by atoms with E-state index >= 15 is 0 Å². The molecule has 0 radical (unpaired) electrons. The van der Waals surface area contributed by atoms with Gasteiger partial charge >= 0.3 is 0 Å². The summed E-state index contributed by atoms with van der Waals surface area (Å²) in [5.74, 6) is -0.431. The zero-order valence-electron chi connectivity index (χ0n) is 10.6. The second-order valence-corrected chi connectivity index (χ2v) is 4.43. The van der Waals surface area contributed by atoms with Crippen molar-refractivity contribution in [3.05, 3.63) is 71.0 Å². The van der Waals surface area contributed by atoms with Gasteiger partial charge in [0.15, 0.2) is 5.78 Å². The zero-order valence-corrected chi connectivity index (χ0v) is 10.6. The molecule has 2 rings (SSSR count). The van der Waals surface area contributed by atoms with Gasteiger partial charge in [-0.2, -0.15) is 0 Å². The van der Waals surface area contributed by atoms with Crippen molar-refractivity contribution in [2.45, 2.75) is 12.8 Å². The summed E-state index contributed by atoms with van der Waals surface area (Å²) >= 11 is 0. The molecule has 0 aliphatic carbocycles. The molecule has 0 atom stereocenters. The van der Waals surface area contributed by atoms with Crippen molar-refractivity contribution in [1.29, 1.82) is 0 Å². The van der Waals surface area contributed by atoms with Crippen molar-refractivity contribution in [3.63, 3.8) is 0 Å². The van der Waals surface area contributed by atoms with Crippen molar-refractivity contribution in [1.82, 2.24) is 0 Å². The Kier molecular flexibility index (Phi) is 4.42. The molecule has 0 fully saturated rings. The number of hydrogen-bond acceptors (Lipinski definition) is 2. The van der Waals surface area contributed by atoms with E-state index in [1.165, 1.54) is 29.8 Å². The van der Waals surface area contributed by atoms with Crippen LogP contribution in [0.2, 0.25) is 0 Å². The fourth-order valence-corrected chi connectivity index (χ4v) is 1.90. The standard InChI is InChI=1S/C16H16FNO/c17-15-9-7-14(8-10-15)16(19)13-5-3-12(4-6-13)2-1-11-18/h3-10H,1-2,11,18H2.